The zero-order chi connectivity index (χ0) is 17.5. The molecule has 1 atom stereocenters. The molecule has 0 amide bonds. The van der Waals surface area contributed by atoms with Crippen molar-refractivity contribution in [1.29, 1.82) is 0 Å². The van der Waals surface area contributed by atoms with Gasteiger partial charge >= 0.3 is 7.48 Å². The van der Waals surface area contributed by atoms with Crippen molar-refractivity contribution in [3.63, 3.8) is 0 Å². The lowest BCUT2D eigenvalue weighted by Gasteiger charge is -2.08. The molecule has 0 saturated carbocycles. The molecule has 1 N–H and O–H groups in total. The van der Waals surface area contributed by atoms with Gasteiger partial charge < -0.3 is 14.3 Å². The van der Waals surface area contributed by atoms with Crippen LogP contribution in [0.1, 0.15) is 11.9 Å². The lowest BCUT2D eigenvalue weighted by Crippen LogP contribution is -2.12. The molecule has 2 heterocycles. The minimum absolute atomic E-state index is 0.809. The van der Waals surface area contributed by atoms with Gasteiger partial charge in [0.15, 0.2) is 6.29 Å². The van der Waals surface area contributed by atoms with Crippen molar-refractivity contribution in [3.8, 4) is 5.69 Å². The third-order valence-corrected chi connectivity index (χ3v) is 5.64. The Morgan fingerprint density at radius 3 is 2.65 bits per heavy atom. The molecule has 0 saturated heterocycles. The van der Waals surface area contributed by atoms with E-state index >= 15 is 0 Å². The van der Waals surface area contributed by atoms with Crippen LogP contribution in [0.4, 0.5) is 0 Å². The van der Waals surface area contributed by atoms with Crippen molar-refractivity contribution < 1.29 is 9.76 Å². The maximum Gasteiger partial charge on any atom is 0.334 e. The average molecular weight is 356 g/mol. The van der Waals surface area contributed by atoms with Crippen LogP contribution in [-0.4, -0.2) is 17.2 Å². The van der Waals surface area contributed by atoms with Crippen LogP contribution in [0, 0.1) is 0 Å². The Bertz CT molecular complexity index is 1090. The van der Waals surface area contributed by atoms with E-state index in [0.717, 1.165) is 22.2 Å². The van der Waals surface area contributed by atoms with E-state index in [-0.39, 0.29) is 0 Å². The van der Waals surface area contributed by atoms with E-state index < -0.39 is 6.29 Å². The Hall–Kier alpha value is -2.47. The highest BCUT2D eigenvalue weighted by molar-refractivity contribution is 7.99. The second-order valence-electron chi connectivity index (χ2n) is 6.22. The van der Waals surface area contributed by atoms with Gasteiger partial charge in [-0.15, -0.1) is 0 Å². The number of para-hydroxylation sites is 1. The molecule has 4 aromatic rings. The Balaban J connectivity index is 1.63. The van der Waals surface area contributed by atoms with Gasteiger partial charge in [0.25, 0.3) is 0 Å². The first kappa shape index (κ1) is 15.8. The van der Waals surface area contributed by atoms with E-state index in [0.29, 0.717) is 0 Å². The number of aliphatic hydroxyl groups is 1. The fourth-order valence-electron chi connectivity index (χ4n) is 3.31. The molecule has 125 valence electrons. The first-order valence-electron chi connectivity index (χ1n) is 8.44. The van der Waals surface area contributed by atoms with E-state index in [4.69, 9.17) is 4.65 Å². The molecule has 3 aromatic carbocycles. The van der Waals surface area contributed by atoms with Crippen LogP contribution >= 0.6 is 11.8 Å². The molecule has 3 nitrogen and oxygen atoms in total. The van der Waals surface area contributed by atoms with E-state index in [1.807, 2.05) is 18.2 Å². The number of hydrogen-bond acceptors (Lipinski definition) is 3. The van der Waals surface area contributed by atoms with E-state index in [2.05, 4.69) is 65.4 Å². The monoisotopic (exact) mass is 356 g/mol. The standard InChI is InChI=1S/C21H15BNO2S/c24-21-16-11-10-14(12-18(16)22-25-21)23-13-20(17-8-4-5-9-19(17)23)26-15-6-2-1-3-7-15/h1-13,21,24H. The summed E-state index contributed by atoms with van der Waals surface area (Å²) >= 11 is 1.77. The van der Waals surface area contributed by atoms with Crippen molar-refractivity contribution >= 4 is 35.6 Å². The highest BCUT2D eigenvalue weighted by Crippen LogP contribution is 2.36. The van der Waals surface area contributed by atoms with Gasteiger partial charge in [-0.3, -0.25) is 0 Å². The highest BCUT2D eigenvalue weighted by atomic mass is 32.2. The summed E-state index contributed by atoms with van der Waals surface area (Å²) in [6.45, 7) is 0. The predicted octanol–water partition coefficient (Wildman–Crippen LogP) is 4.05. The minimum atomic E-state index is -0.857. The Morgan fingerprint density at radius 1 is 0.962 bits per heavy atom. The quantitative estimate of drug-likeness (QED) is 0.563. The number of fused-ring (bicyclic) bond motifs is 2. The summed E-state index contributed by atoms with van der Waals surface area (Å²) < 4.78 is 7.40. The topological polar surface area (TPSA) is 34.4 Å². The van der Waals surface area contributed by atoms with Gasteiger partial charge in [0.05, 0.1) is 5.52 Å². The van der Waals surface area contributed by atoms with Crippen LogP contribution < -0.4 is 5.46 Å². The highest BCUT2D eigenvalue weighted by Gasteiger charge is 2.23. The minimum Gasteiger partial charge on any atom is -0.407 e. The Kier molecular flexibility index (Phi) is 3.86. The largest absolute Gasteiger partial charge is 0.407 e. The third-order valence-electron chi connectivity index (χ3n) is 4.58. The number of nitrogens with zero attached hydrogens (tertiary/aromatic N) is 1. The fourth-order valence-corrected chi connectivity index (χ4v) is 4.30. The molecule has 1 radical (unpaired) electrons. The lowest BCUT2D eigenvalue weighted by atomic mass is 9.87. The molecule has 1 aromatic heterocycles. The Labute approximate surface area is 156 Å². The molecule has 26 heavy (non-hydrogen) atoms. The summed E-state index contributed by atoms with van der Waals surface area (Å²) in [6, 6.07) is 24.8. The zero-order valence-corrected chi connectivity index (χ0v) is 14.7. The van der Waals surface area contributed by atoms with E-state index in [1.54, 1.807) is 19.2 Å². The summed E-state index contributed by atoms with van der Waals surface area (Å²) in [4.78, 5) is 2.43. The van der Waals surface area contributed by atoms with Gasteiger partial charge in [0.2, 0.25) is 0 Å². The SMILES string of the molecule is OC1O[B]c2cc(-n3cc(Sc4ccccc4)c4ccccc43)ccc21. The van der Waals surface area contributed by atoms with Gasteiger partial charge in [-0.05, 0) is 35.8 Å². The van der Waals surface area contributed by atoms with E-state index in [1.165, 1.54) is 15.2 Å². The number of aliphatic hydroxyl groups excluding tert-OH is 1. The smallest absolute Gasteiger partial charge is 0.334 e. The summed E-state index contributed by atoms with van der Waals surface area (Å²) in [5.41, 5.74) is 3.94. The molecule has 5 rings (SSSR count). The first-order chi connectivity index (χ1) is 12.8. The summed E-state index contributed by atoms with van der Waals surface area (Å²) in [5, 5.41) is 11.0. The molecular weight excluding hydrogens is 341 g/mol. The van der Waals surface area contributed by atoms with Gasteiger partial charge in [-0.1, -0.05) is 54.2 Å². The predicted molar refractivity (Wildman–Crippen MR) is 105 cm³/mol. The van der Waals surface area contributed by atoms with Gasteiger partial charge in [0, 0.05) is 32.6 Å². The van der Waals surface area contributed by atoms with Gasteiger partial charge in [-0.25, -0.2) is 0 Å². The number of aromatic nitrogens is 1. The second-order valence-corrected chi connectivity index (χ2v) is 7.33. The van der Waals surface area contributed by atoms with Crippen molar-refractivity contribution in [3.05, 3.63) is 84.6 Å². The number of hydrogen-bond donors (Lipinski definition) is 1. The molecule has 1 unspecified atom stereocenters. The van der Waals surface area contributed by atoms with Gasteiger partial charge in [-0.2, -0.15) is 0 Å². The first-order valence-corrected chi connectivity index (χ1v) is 9.25. The molecule has 1 aliphatic rings. The van der Waals surface area contributed by atoms with Crippen molar-refractivity contribution in [2.24, 2.45) is 0 Å². The average Bonchev–Trinajstić information content (AvgIpc) is 3.24. The molecule has 5 heteroatoms. The number of benzene rings is 3. The molecule has 0 fully saturated rings. The van der Waals surface area contributed by atoms with Gasteiger partial charge in [0.1, 0.15) is 0 Å². The second kappa shape index (κ2) is 6.36. The van der Waals surface area contributed by atoms with Crippen LogP contribution in [0.2, 0.25) is 0 Å². The molecule has 0 bridgehead atoms. The molecule has 1 aliphatic heterocycles. The summed E-state index contributed by atoms with van der Waals surface area (Å²) in [7, 11) is 1.62. The maximum atomic E-state index is 9.82. The Morgan fingerprint density at radius 2 is 1.77 bits per heavy atom. The van der Waals surface area contributed by atoms with Crippen molar-refractivity contribution in [2.75, 3.05) is 0 Å². The normalized spacial score (nSPS) is 15.8. The van der Waals surface area contributed by atoms with Crippen LogP contribution in [0.3, 0.4) is 0 Å². The molecule has 0 spiro atoms. The zero-order valence-electron chi connectivity index (χ0n) is 13.9. The lowest BCUT2D eigenvalue weighted by molar-refractivity contribution is -0.00793. The molecular formula is C21H15BNO2S. The van der Waals surface area contributed by atoms with Crippen LogP contribution in [0.15, 0.2) is 88.8 Å². The van der Waals surface area contributed by atoms with E-state index in [9.17, 15) is 5.11 Å². The van der Waals surface area contributed by atoms with Crippen molar-refractivity contribution in [2.45, 2.75) is 16.1 Å². The van der Waals surface area contributed by atoms with Crippen molar-refractivity contribution in [1.82, 2.24) is 4.57 Å². The van der Waals surface area contributed by atoms with Crippen LogP contribution in [0.5, 0.6) is 0 Å². The molecule has 0 aliphatic carbocycles. The fraction of sp³-hybridized carbons (Fsp3) is 0.0476. The van der Waals surface area contributed by atoms with Crippen LogP contribution in [0.25, 0.3) is 16.6 Å². The summed E-state index contributed by atoms with van der Waals surface area (Å²) in [6.07, 6.45) is 1.32. The summed E-state index contributed by atoms with van der Waals surface area (Å²) in [5.74, 6) is 0. The number of rotatable bonds is 3. The third kappa shape index (κ3) is 2.65. The van der Waals surface area contributed by atoms with Crippen LogP contribution in [-0.2, 0) is 4.65 Å². The maximum absolute atomic E-state index is 9.82.